The number of nitrogens with zero attached hydrogens (tertiary/aromatic N) is 1. The monoisotopic (exact) mass is 492 g/mol. The molecule has 0 saturated heterocycles. The molecule has 36 heavy (non-hydrogen) atoms. The van der Waals surface area contributed by atoms with E-state index in [-0.39, 0.29) is 24.2 Å². The van der Waals surface area contributed by atoms with E-state index in [9.17, 15) is 34.2 Å². The molecule has 0 heterocycles. The van der Waals surface area contributed by atoms with Crippen LogP contribution in [0.15, 0.2) is 29.9 Å². The maximum atomic E-state index is 13.8. The number of aliphatic hydroxyl groups is 1. The number of likely N-dealkylation sites (N-methyl/N-ethyl adjacent to an activating group) is 1. The lowest BCUT2D eigenvalue weighted by Gasteiger charge is -2.52. The number of benzene rings is 1. The minimum Gasteiger partial charge on any atom is -0.507 e. The zero-order chi connectivity index (χ0) is 26.3. The van der Waals surface area contributed by atoms with Crippen LogP contribution >= 0.6 is 0 Å². The minimum atomic E-state index is -2.71. The van der Waals surface area contributed by atoms with Crippen molar-refractivity contribution in [3.63, 3.8) is 0 Å². The van der Waals surface area contributed by atoms with Crippen LogP contribution in [0.25, 0.3) is 5.57 Å². The highest BCUT2D eigenvalue weighted by molar-refractivity contribution is 6.32. The molecule has 0 bridgehead atoms. The molecule has 0 radical (unpaired) electrons. The number of nitrogens with two attached hydrogens (primary N) is 1. The Morgan fingerprint density at radius 1 is 1.11 bits per heavy atom. The number of carbonyl (C=O) groups is 5. The number of fused-ring (bicyclic) bond motifs is 3. The largest absolute Gasteiger partial charge is 0.507 e. The summed E-state index contributed by atoms with van der Waals surface area (Å²) in [5.74, 6) is -10.3. The van der Waals surface area contributed by atoms with Crippen LogP contribution in [0.2, 0.25) is 0 Å². The average molecular weight is 493 g/mol. The molecular formula is C27H28N2O7. The summed E-state index contributed by atoms with van der Waals surface area (Å²) in [6.45, 7) is 2.00. The SMILES string of the molecule is CC1=CC=C(c2ccc(O)c3c2C[C@@H]2C[C@@H]4[C@@H](N(C)C)C(=O)C(C(N)=O)C(=O)[C@]4(O)C(=O)C2C3=O)C1. The van der Waals surface area contributed by atoms with Crippen molar-refractivity contribution in [1.82, 2.24) is 4.90 Å². The first-order valence-corrected chi connectivity index (χ1v) is 12.0. The van der Waals surface area contributed by atoms with Gasteiger partial charge in [0.1, 0.15) is 5.75 Å². The highest BCUT2D eigenvalue weighted by atomic mass is 16.3. The Hall–Kier alpha value is -3.43. The fourth-order valence-corrected chi connectivity index (χ4v) is 6.75. The Bertz CT molecular complexity index is 1320. The lowest BCUT2D eigenvalue weighted by Crippen LogP contribution is -2.74. The van der Waals surface area contributed by atoms with Crippen molar-refractivity contribution in [2.45, 2.75) is 37.8 Å². The zero-order valence-electron chi connectivity index (χ0n) is 20.3. The van der Waals surface area contributed by atoms with Crippen LogP contribution < -0.4 is 5.73 Å². The molecule has 188 valence electrons. The number of allylic oxidation sites excluding steroid dienone is 4. The summed E-state index contributed by atoms with van der Waals surface area (Å²) in [5.41, 5.74) is 6.22. The number of phenolic OH excluding ortho intramolecular Hbond substituents is 1. The van der Waals surface area contributed by atoms with Crippen molar-refractivity contribution in [3.8, 4) is 5.75 Å². The van der Waals surface area contributed by atoms with Crippen molar-refractivity contribution >= 4 is 34.6 Å². The molecule has 4 N–H and O–H groups in total. The van der Waals surface area contributed by atoms with E-state index in [1.54, 1.807) is 20.2 Å². The molecule has 0 spiro atoms. The van der Waals surface area contributed by atoms with Crippen LogP contribution in [0.1, 0.15) is 41.3 Å². The number of primary amides is 1. The first-order chi connectivity index (χ1) is 16.9. The van der Waals surface area contributed by atoms with Gasteiger partial charge in [0.05, 0.1) is 17.5 Å². The molecule has 1 amide bonds. The molecule has 4 aliphatic carbocycles. The van der Waals surface area contributed by atoms with Crippen molar-refractivity contribution in [2.75, 3.05) is 14.1 Å². The van der Waals surface area contributed by atoms with Gasteiger partial charge in [-0.15, -0.1) is 0 Å². The molecular weight excluding hydrogens is 464 g/mol. The van der Waals surface area contributed by atoms with E-state index in [1.165, 1.54) is 11.0 Å². The molecule has 0 aromatic heterocycles. The summed E-state index contributed by atoms with van der Waals surface area (Å²) in [7, 11) is 3.12. The Kier molecular flexibility index (Phi) is 5.42. The number of phenols is 1. The summed E-state index contributed by atoms with van der Waals surface area (Å²) in [6.07, 6.45) is 4.94. The van der Waals surface area contributed by atoms with Gasteiger partial charge < -0.3 is 15.9 Å². The van der Waals surface area contributed by atoms with E-state index < -0.39 is 64.4 Å². The molecule has 9 heteroatoms. The lowest BCUT2D eigenvalue weighted by molar-refractivity contribution is -0.181. The van der Waals surface area contributed by atoms with Gasteiger partial charge in [-0.3, -0.25) is 28.9 Å². The topological polar surface area (TPSA) is 155 Å². The zero-order valence-corrected chi connectivity index (χ0v) is 20.3. The molecule has 4 aliphatic rings. The van der Waals surface area contributed by atoms with E-state index in [0.717, 1.165) is 16.7 Å². The van der Waals surface area contributed by atoms with Crippen LogP contribution in [0.4, 0.5) is 0 Å². The van der Waals surface area contributed by atoms with Gasteiger partial charge in [-0.2, -0.15) is 0 Å². The van der Waals surface area contributed by atoms with Crippen LogP contribution in [0.5, 0.6) is 5.75 Å². The van der Waals surface area contributed by atoms with Crippen LogP contribution in [0.3, 0.4) is 0 Å². The van der Waals surface area contributed by atoms with Gasteiger partial charge in [-0.1, -0.05) is 23.8 Å². The van der Waals surface area contributed by atoms with E-state index in [4.69, 9.17) is 5.73 Å². The molecule has 1 aromatic carbocycles. The van der Waals surface area contributed by atoms with Gasteiger partial charge in [0, 0.05) is 5.92 Å². The number of carbonyl (C=O) groups excluding carboxylic acids is 5. The first kappa shape index (κ1) is 24.3. The van der Waals surface area contributed by atoms with E-state index in [0.29, 0.717) is 12.0 Å². The number of rotatable bonds is 3. The standard InChI is InChI=1S/C27H28N2O7/c1-11-4-5-12(8-11)14-6-7-17(30)19-15(14)9-13-10-16-21(29(2)3)23(32)20(26(28)35)25(34)27(16,36)24(33)18(13)22(19)31/h4-7,13,16,18,20-21,30,36H,8-10H2,1-3H3,(H2,28,35)/t13-,16-,18?,20?,21-,27-/m1/s1. The summed E-state index contributed by atoms with van der Waals surface area (Å²) in [4.78, 5) is 67.5. The average Bonchev–Trinajstić information content (AvgIpc) is 3.22. The molecule has 0 aliphatic heterocycles. The van der Waals surface area contributed by atoms with Gasteiger partial charge in [-0.25, -0.2) is 0 Å². The van der Waals surface area contributed by atoms with Crippen LogP contribution in [-0.2, 0) is 25.6 Å². The lowest BCUT2D eigenvalue weighted by atomic mass is 9.52. The normalized spacial score (nSPS) is 33.6. The summed E-state index contributed by atoms with van der Waals surface area (Å²) >= 11 is 0. The second-order valence-electron chi connectivity index (χ2n) is 10.7. The molecule has 2 saturated carbocycles. The van der Waals surface area contributed by atoms with E-state index >= 15 is 0 Å². The third kappa shape index (κ3) is 3.12. The second-order valence-corrected chi connectivity index (χ2v) is 10.7. The Balaban J connectivity index is 1.64. The molecule has 2 unspecified atom stereocenters. The smallest absolute Gasteiger partial charge is 0.235 e. The highest BCUT2D eigenvalue weighted by Crippen LogP contribution is 2.51. The fourth-order valence-electron chi connectivity index (χ4n) is 6.75. The quantitative estimate of drug-likeness (QED) is 0.518. The fraction of sp³-hybridized carbons (Fsp3) is 0.444. The Morgan fingerprint density at radius 2 is 1.81 bits per heavy atom. The summed E-state index contributed by atoms with van der Waals surface area (Å²) < 4.78 is 0. The van der Waals surface area contributed by atoms with Crippen LogP contribution in [0, 0.1) is 23.7 Å². The molecule has 9 nitrogen and oxygen atoms in total. The molecule has 1 aromatic rings. The van der Waals surface area contributed by atoms with Crippen LogP contribution in [-0.4, -0.2) is 69.9 Å². The highest BCUT2D eigenvalue weighted by Gasteiger charge is 2.69. The van der Waals surface area contributed by atoms with Gasteiger partial charge in [0.2, 0.25) is 5.91 Å². The third-order valence-electron chi connectivity index (χ3n) is 8.33. The Labute approximate surface area is 207 Å². The predicted molar refractivity (Wildman–Crippen MR) is 128 cm³/mol. The molecule has 6 atom stereocenters. The Morgan fingerprint density at radius 3 is 2.39 bits per heavy atom. The van der Waals surface area contributed by atoms with Gasteiger partial charge in [0.15, 0.2) is 34.7 Å². The predicted octanol–water partition coefficient (Wildman–Crippen LogP) is 0.600. The van der Waals surface area contributed by atoms with Gasteiger partial charge in [-0.05, 0) is 69.0 Å². The van der Waals surface area contributed by atoms with Crippen molar-refractivity contribution in [3.05, 3.63) is 46.5 Å². The van der Waals surface area contributed by atoms with Crippen molar-refractivity contribution in [2.24, 2.45) is 29.4 Å². The van der Waals surface area contributed by atoms with E-state index in [1.807, 2.05) is 19.1 Å². The third-order valence-corrected chi connectivity index (χ3v) is 8.33. The maximum absolute atomic E-state index is 13.8. The second kappa shape index (κ2) is 8.04. The number of ketones is 4. The number of Topliss-reactive ketones (excluding diaryl/α,β-unsaturated/α-hetero) is 4. The number of hydrogen-bond acceptors (Lipinski definition) is 8. The maximum Gasteiger partial charge on any atom is 0.235 e. The summed E-state index contributed by atoms with van der Waals surface area (Å²) in [5, 5.41) is 22.2. The molecule has 2 fully saturated rings. The minimum absolute atomic E-state index is 0.0181. The first-order valence-electron chi connectivity index (χ1n) is 12.0. The summed E-state index contributed by atoms with van der Waals surface area (Å²) in [6, 6.07) is 2.07. The van der Waals surface area contributed by atoms with Crippen molar-refractivity contribution in [1.29, 1.82) is 0 Å². The number of hydrogen-bond donors (Lipinski definition) is 3. The van der Waals surface area contributed by atoms with Gasteiger partial charge >= 0.3 is 0 Å². The van der Waals surface area contributed by atoms with Crippen molar-refractivity contribution < 1.29 is 34.2 Å². The number of amides is 1. The molecule has 5 rings (SSSR count). The van der Waals surface area contributed by atoms with Gasteiger partial charge in [0.25, 0.3) is 0 Å². The van der Waals surface area contributed by atoms with E-state index in [2.05, 4.69) is 0 Å². The number of aromatic hydroxyl groups is 1.